The number of pyridine rings is 1. The van der Waals surface area contributed by atoms with Crippen molar-refractivity contribution in [2.24, 2.45) is 5.92 Å². The predicted molar refractivity (Wildman–Crippen MR) is 115 cm³/mol. The van der Waals surface area contributed by atoms with Gasteiger partial charge in [-0.05, 0) is 31.2 Å². The highest BCUT2D eigenvalue weighted by atomic mass is 32.2. The number of carbonyl (C=O) groups is 1. The maximum Gasteiger partial charge on any atom is 0.283 e. The van der Waals surface area contributed by atoms with Crippen molar-refractivity contribution in [3.05, 3.63) is 53.7 Å². The van der Waals surface area contributed by atoms with E-state index < -0.39 is 63.8 Å². The number of likely N-dealkylation sites (tertiary alicyclic amines) is 1. The molecule has 180 valence electrons. The predicted octanol–water partition coefficient (Wildman–Crippen LogP) is 3.38. The summed E-state index contributed by atoms with van der Waals surface area (Å²) in [4.78, 5) is 18.0. The number of hydrogen-bond donors (Lipinski definition) is 1. The Hall–Kier alpha value is -2.53. The lowest BCUT2D eigenvalue weighted by Crippen LogP contribution is -2.53. The van der Waals surface area contributed by atoms with Crippen LogP contribution in [0.3, 0.4) is 0 Å². The molecule has 1 fully saturated rings. The van der Waals surface area contributed by atoms with E-state index in [0.29, 0.717) is 6.07 Å². The highest BCUT2D eigenvalue weighted by Crippen LogP contribution is 2.36. The molecule has 0 aliphatic carbocycles. The van der Waals surface area contributed by atoms with Gasteiger partial charge in [0, 0.05) is 29.7 Å². The third kappa shape index (κ3) is 5.70. The van der Waals surface area contributed by atoms with Gasteiger partial charge in [0.25, 0.3) is 5.92 Å². The topological polar surface area (TPSA) is 79.4 Å². The molecule has 2 heterocycles. The van der Waals surface area contributed by atoms with E-state index >= 15 is 0 Å². The molecule has 0 bridgehead atoms. The first-order valence-electron chi connectivity index (χ1n) is 10.4. The number of rotatable bonds is 7. The average Bonchev–Trinajstić information content (AvgIpc) is 2.96. The van der Waals surface area contributed by atoms with Crippen LogP contribution in [0.4, 0.5) is 17.6 Å². The zero-order valence-corrected chi connectivity index (χ0v) is 19.2. The normalized spacial score (nSPS) is 20.4. The van der Waals surface area contributed by atoms with Crippen LogP contribution in [-0.2, 0) is 21.2 Å². The molecule has 0 unspecified atom stereocenters. The Balaban J connectivity index is 2.00. The Morgan fingerprint density at radius 2 is 1.85 bits per heavy atom. The molecular formula is C22H25F4N3O3S. The number of benzene rings is 1. The highest BCUT2D eigenvalue weighted by Gasteiger charge is 2.57. The highest BCUT2D eigenvalue weighted by molar-refractivity contribution is 7.89. The Kier molecular flexibility index (Phi) is 7.13. The standard InChI is InChI=1S/C22H25F4N3O3S/c1-4-33(31,32)28-20-19(29(12-22(20,25)26)21(30)13(2)3)11-17-6-5-7-18(27-17)14-8-15(23)10-16(24)9-14/h5-10,13,19-20,28H,4,11-12H2,1-3H3/t19-,20+/m0/s1. The minimum Gasteiger partial charge on any atom is -0.331 e. The summed E-state index contributed by atoms with van der Waals surface area (Å²) in [5.41, 5.74) is 0.634. The fraction of sp³-hybridized carbons (Fsp3) is 0.455. The van der Waals surface area contributed by atoms with Gasteiger partial charge in [-0.1, -0.05) is 19.9 Å². The molecule has 0 spiro atoms. The summed E-state index contributed by atoms with van der Waals surface area (Å²) < 4.78 is 83.4. The average molecular weight is 488 g/mol. The van der Waals surface area contributed by atoms with Crippen LogP contribution in [0.25, 0.3) is 11.3 Å². The molecule has 0 radical (unpaired) electrons. The van der Waals surface area contributed by atoms with Crippen molar-refractivity contribution in [2.75, 3.05) is 12.3 Å². The molecule has 11 heteroatoms. The van der Waals surface area contributed by atoms with Crippen molar-refractivity contribution < 1.29 is 30.8 Å². The molecule has 1 aromatic heterocycles. The third-order valence-electron chi connectivity index (χ3n) is 5.47. The molecular weight excluding hydrogens is 462 g/mol. The lowest BCUT2D eigenvalue weighted by atomic mass is 10.0. The second-order valence-corrected chi connectivity index (χ2v) is 10.4. The molecule has 3 rings (SSSR count). The number of amides is 1. The molecule has 0 saturated carbocycles. The zero-order chi connectivity index (χ0) is 24.6. The fourth-order valence-electron chi connectivity index (χ4n) is 3.82. The lowest BCUT2D eigenvalue weighted by molar-refractivity contribution is -0.136. The van der Waals surface area contributed by atoms with E-state index in [1.165, 1.54) is 19.1 Å². The summed E-state index contributed by atoms with van der Waals surface area (Å²) in [6.07, 6.45) is -0.184. The number of sulfonamides is 1. The summed E-state index contributed by atoms with van der Waals surface area (Å²) >= 11 is 0. The van der Waals surface area contributed by atoms with Gasteiger partial charge in [-0.2, -0.15) is 0 Å². The minimum atomic E-state index is -4.00. The van der Waals surface area contributed by atoms with Gasteiger partial charge in [0.15, 0.2) is 0 Å². The van der Waals surface area contributed by atoms with Crippen LogP contribution in [0.5, 0.6) is 0 Å². The van der Waals surface area contributed by atoms with Crippen LogP contribution < -0.4 is 4.72 Å². The summed E-state index contributed by atoms with van der Waals surface area (Å²) in [5, 5.41) is 0. The van der Waals surface area contributed by atoms with E-state index in [1.807, 2.05) is 0 Å². The molecule has 1 aliphatic heterocycles. The second-order valence-electron chi connectivity index (χ2n) is 8.32. The third-order valence-corrected chi connectivity index (χ3v) is 6.84. The van der Waals surface area contributed by atoms with Crippen LogP contribution in [0.1, 0.15) is 26.5 Å². The van der Waals surface area contributed by atoms with Gasteiger partial charge in [0.2, 0.25) is 15.9 Å². The quantitative estimate of drug-likeness (QED) is 0.608. The van der Waals surface area contributed by atoms with Gasteiger partial charge in [-0.3, -0.25) is 9.78 Å². The number of aromatic nitrogens is 1. The molecule has 2 atom stereocenters. The van der Waals surface area contributed by atoms with Crippen LogP contribution in [0.2, 0.25) is 0 Å². The summed E-state index contributed by atoms with van der Waals surface area (Å²) in [6, 6.07) is 4.43. The Morgan fingerprint density at radius 3 is 2.42 bits per heavy atom. The van der Waals surface area contributed by atoms with E-state index in [0.717, 1.165) is 17.0 Å². The number of carbonyl (C=O) groups excluding carboxylic acids is 1. The van der Waals surface area contributed by atoms with Gasteiger partial charge in [0.05, 0.1) is 24.0 Å². The van der Waals surface area contributed by atoms with Gasteiger partial charge in [0.1, 0.15) is 17.7 Å². The Bertz CT molecular complexity index is 1120. The first-order chi connectivity index (χ1) is 15.3. The first kappa shape index (κ1) is 25.1. The van der Waals surface area contributed by atoms with Crippen molar-refractivity contribution >= 4 is 15.9 Å². The maximum atomic E-state index is 14.9. The number of nitrogens with zero attached hydrogens (tertiary/aromatic N) is 2. The molecule has 1 aromatic carbocycles. The van der Waals surface area contributed by atoms with E-state index in [9.17, 15) is 30.8 Å². The number of halogens is 4. The number of nitrogens with one attached hydrogen (secondary N) is 1. The van der Waals surface area contributed by atoms with E-state index in [-0.39, 0.29) is 23.4 Å². The van der Waals surface area contributed by atoms with Gasteiger partial charge < -0.3 is 4.90 Å². The maximum absolute atomic E-state index is 14.9. The fourth-order valence-corrected chi connectivity index (χ4v) is 4.70. The molecule has 6 nitrogen and oxygen atoms in total. The van der Waals surface area contributed by atoms with Crippen LogP contribution in [0.15, 0.2) is 36.4 Å². The van der Waals surface area contributed by atoms with Crippen molar-refractivity contribution in [1.29, 1.82) is 0 Å². The Morgan fingerprint density at radius 1 is 1.21 bits per heavy atom. The molecule has 1 N–H and O–H groups in total. The van der Waals surface area contributed by atoms with Crippen LogP contribution >= 0.6 is 0 Å². The van der Waals surface area contributed by atoms with Crippen LogP contribution in [0, 0.1) is 17.6 Å². The van der Waals surface area contributed by atoms with Crippen molar-refractivity contribution in [3.63, 3.8) is 0 Å². The molecule has 2 aromatic rings. The second kappa shape index (κ2) is 9.38. The smallest absolute Gasteiger partial charge is 0.283 e. The van der Waals surface area contributed by atoms with Crippen molar-refractivity contribution in [3.8, 4) is 11.3 Å². The molecule has 1 aliphatic rings. The van der Waals surface area contributed by atoms with E-state index in [2.05, 4.69) is 9.71 Å². The molecule has 33 heavy (non-hydrogen) atoms. The molecule has 1 amide bonds. The zero-order valence-electron chi connectivity index (χ0n) is 18.4. The van der Waals surface area contributed by atoms with Gasteiger partial charge >= 0.3 is 0 Å². The number of alkyl halides is 2. The SMILES string of the molecule is CCS(=O)(=O)N[C@@H]1[C@H](Cc2cccc(-c3cc(F)cc(F)c3)n2)N(C(=O)C(C)C)CC1(F)F. The summed E-state index contributed by atoms with van der Waals surface area (Å²) in [6.45, 7) is 3.53. The largest absolute Gasteiger partial charge is 0.331 e. The lowest BCUT2D eigenvalue weighted by Gasteiger charge is -2.29. The summed E-state index contributed by atoms with van der Waals surface area (Å²) in [7, 11) is -4.00. The monoisotopic (exact) mass is 487 g/mol. The molecule has 1 saturated heterocycles. The van der Waals surface area contributed by atoms with Crippen molar-refractivity contribution in [2.45, 2.75) is 45.2 Å². The van der Waals surface area contributed by atoms with Gasteiger partial charge in [-0.15, -0.1) is 0 Å². The van der Waals surface area contributed by atoms with Crippen LogP contribution in [-0.4, -0.2) is 54.5 Å². The van der Waals surface area contributed by atoms with Gasteiger partial charge in [-0.25, -0.2) is 30.7 Å². The number of hydrogen-bond acceptors (Lipinski definition) is 4. The van der Waals surface area contributed by atoms with E-state index in [4.69, 9.17) is 0 Å². The first-order valence-corrected chi connectivity index (χ1v) is 12.1. The van der Waals surface area contributed by atoms with Crippen molar-refractivity contribution in [1.82, 2.24) is 14.6 Å². The van der Waals surface area contributed by atoms with E-state index in [1.54, 1.807) is 19.9 Å². The minimum absolute atomic E-state index is 0.157. The summed E-state index contributed by atoms with van der Waals surface area (Å²) in [5.74, 6) is -6.62. The Labute approximate surface area is 190 Å².